The van der Waals surface area contributed by atoms with Crippen LogP contribution in [0.15, 0.2) is 22.7 Å². The molecule has 3 nitrogen and oxygen atoms in total. The van der Waals surface area contributed by atoms with Gasteiger partial charge in [0.1, 0.15) is 0 Å². The first-order chi connectivity index (χ1) is 8.18. The molecule has 0 radical (unpaired) electrons. The minimum Gasteiger partial charge on any atom is -0.352 e. The lowest BCUT2D eigenvalue weighted by molar-refractivity contribution is 0.0948. The number of benzene rings is 1. The summed E-state index contributed by atoms with van der Waals surface area (Å²) in [5, 5.41) is 6.66. The quantitative estimate of drug-likeness (QED) is 0.877. The van der Waals surface area contributed by atoms with E-state index < -0.39 is 0 Å². The summed E-state index contributed by atoms with van der Waals surface area (Å²) in [4.78, 5) is 11.9. The summed E-state index contributed by atoms with van der Waals surface area (Å²) in [5.41, 5.74) is 0.520. The molecule has 2 rings (SSSR count). The standard InChI is InChI=1S/C12H14BrClN2O.ClH/c13-10-3-1-2-9(11(10)14)12(17)16-7-8-4-5-15-6-8;/h1-3,8,15H,4-7H2,(H,16,17);1H. The summed E-state index contributed by atoms with van der Waals surface area (Å²) in [6, 6.07) is 5.36. The molecule has 1 atom stereocenters. The van der Waals surface area contributed by atoms with Crippen molar-refractivity contribution in [1.82, 2.24) is 10.6 Å². The Bertz CT molecular complexity index is 423. The molecule has 1 saturated heterocycles. The highest BCUT2D eigenvalue weighted by molar-refractivity contribution is 9.10. The van der Waals surface area contributed by atoms with Gasteiger partial charge >= 0.3 is 0 Å². The second kappa shape index (κ2) is 7.34. The number of hydrogen-bond acceptors (Lipinski definition) is 2. The van der Waals surface area contributed by atoms with E-state index in [2.05, 4.69) is 26.6 Å². The van der Waals surface area contributed by atoms with Crippen LogP contribution in [0.25, 0.3) is 0 Å². The number of amides is 1. The van der Waals surface area contributed by atoms with Gasteiger partial charge in [-0.1, -0.05) is 17.7 Å². The summed E-state index contributed by atoms with van der Waals surface area (Å²) in [6.45, 7) is 2.72. The fourth-order valence-corrected chi connectivity index (χ4v) is 2.48. The predicted octanol–water partition coefficient (Wildman–Crippen LogP) is 2.86. The van der Waals surface area contributed by atoms with Gasteiger partial charge in [0.15, 0.2) is 0 Å². The fourth-order valence-electron chi connectivity index (χ4n) is 1.90. The third kappa shape index (κ3) is 3.85. The molecule has 1 heterocycles. The van der Waals surface area contributed by atoms with E-state index in [0.29, 0.717) is 23.0 Å². The van der Waals surface area contributed by atoms with Gasteiger partial charge < -0.3 is 10.6 Å². The average molecular weight is 354 g/mol. The lowest BCUT2D eigenvalue weighted by Crippen LogP contribution is -2.30. The lowest BCUT2D eigenvalue weighted by Gasteiger charge is -2.11. The highest BCUT2D eigenvalue weighted by Gasteiger charge is 2.17. The van der Waals surface area contributed by atoms with E-state index in [9.17, 15) is 4.79 Å². The smallest absolute Gasteiger partial charge is 0.252 e. The molecule has 0 aliphatic carbocycles. The minimum atomic E-state index is -0.108. The number of rotatable bonds is 3. The minimum absolute atomic E-state index is 0. The Labute approximate surface area is 126 Å². The van der Waals surface area contributed by atoms with Crippen LogP contribution in [0.3, 0.4) is 0 Å². The molecule has 1 amide bonds. The topological polar surface area (TPSA) is 41.1 Å². The highest BCUT2D eigenvalue weighted by atomic mass is 79.9. The van der Waals surface area contributed by atoms with Crippen molar-refractivity contribution in [3.05, 3.63) is 33.3 Å². The van der Waals surface area contributed by atoms with Crippen molar-refractivity contribution in [2.24, 2.45) is 5.92 Å². The molecular formula is C12H15BrCl2N2O. The summed E-state index contributed by atoms with van der Waals surface area (Å²) < 4.78 is 0.745. The molecule has 0 spiro atoms. The summed E-state index contributed by atoms with van der Waals surface area (Å²) in [6.07, 6.45) is 1.12. The van der Waals surface area contributed by atoms with Gasteiger partial charge in [-0.05, 0) is 53.5 Å². The predicted molar refractivity (Wildman–Crippen MR) is 79.7 cm³/mol. The molecule has 2 N–H and O–H groups in total. The zero-order valence-electron chi connectivity index (χ0n) is 9.71. The van der Waals surface area contributed by atoms with E-state index in [4.69, 9.17) is 11.6 Å². The monoisotopic (exact) mass is 352 g/mol. The van der Waals surface area contributed by atoms with Crippen LogP contribution in [-0.4, -0.2) is 25.5 Å². The fraction of sp³-hybridized carbons (Fsp3) is 0.417. The molecule has 1 fully saturated rings. The molecule has 1 aromatic carbocycles. The van der Waals surface area contributed by atoms with Crippen LogP contribution in [0.2, 0.25) is 5.02 Å². The number of carbonyl (C=O) groups excluding carboxylic acids is 1. The van der Waals surface area contributed by atoms with Crippen LogP contribution in [-0.2, 0) is 0 Å². The Balaban J connectivity index is 0.00000162. The maximum Gasteiger partial charge on any atom is 0.252 e. The Hall–Kier alpha value is -0.290. The van der Waals surface area contributed by atoms with Crippen molar-refractivity contribution in [2.75, 3.05) is 19.6 Å². The van der Waals surface area contributed by atoms with Crippen LogP contribution in [0, 0.1) is 5.92 Å². The van der Waals surface area contributed by atoms with Gasteiger partial charge in [-0.25, -0.2) is 0 Å². The zero-order valence-corrected chi connectivity index (χ0v) is 12.9. The van der Waals surface area contributed by atoms with Crippen molar-refractivity contribution in [2.45, 2.75) is 6.42 Å². The van der Waals surface area contributed by atoms with Crippen molar-refractivity contribution in [1.29, 1.82) is 0 Å². The second-order valence-electron chi connectivity index (χ2n) is 4.17. The molecule has 1 aliphatic heterocycles. The van der Waals surface area contributed by atoms with E-state index in [-0.39, 0.29) is 18.3 Å². The van der Waals surface area contributed by atoms with Gasteiger partial charge in [-0.2, -0.15) is 0 Å². The summed E-state index contributed by atoms with van der Waals surface area (Å²) in [7, 11) is 0. The van der Waals surface area contributed by atoms with Crippen molar-refractivity contribution in [3.8, 4) is 0 Å². The molecule has 6 heteroatoms. The van der Waals surface area contributed by atoms with E-state index in [1.165, 1.54) is 0 Å². The number of hydrogen-bond donors (Lipinski definition) is 2. The number of carbonyl (C=O) groups is 1. The van der Waals surface area contributed by atoms with E-state index in [1.807, 2.05) is 12.1 Å². The average Bonchev–Trinajstić information content (AvgIpc) is 2.82. The Morgan fingerprint density at radius 1 is 1.56 bits per heavy atom. The third-order valence-electron chi connectivity index (χ3n) is 2.91. The molecular weight excluding hydrogens is 339 g/mol. The first kappa shape index (κ1) is 15.8. The number of nitrogens with one attached hydrogen (secondary N) is 2. The second-order valence-corrected chi connectivity index (χ2v) is 5.40. The van der Waals surface area contributed by atoms with Gasteiger partial charge in [0, 0.05) is 11.0 Å². The molecule has 1 aliphatic rings. The third-order valence-corrected chi connectivity index (χ3v) is 4.21. The van der Waals surface area contributed by atoms with Crippen molar-refractivity contribution >= 4 is 45.8 Å². The van der Waals surface area contributed by atoms with Gasteiger partial charge in [-0.15, -0.1) is 12.4 Å². The Morgan fingerprint density at radius 3 is 3.00 bits per heavy atom. The van der Waals surface area contributed by atoms with Crippen molar-refractivity contribution in [3.63, 3.8) is 0 Å². The van der Waals surface area contributed by atoms with Crippen LogP contribution in [0.1, 0.15) is 16.8 Å². The molecule has 0 saturated carbocycles. The van der Waals surface area contributed by atoms with Gasteiger partial charge in [0.25, 0.3) is 5.91 Å². The first-order valence-corrected chi connectivity index (χ1v) is 6.78. The molecule has 18 heavy (non-hydrogen) atoms. The summed E-state index contributed by atoms with van der Waals surface area (Å²) >= 11 is 9.37. The molecule has 100 valence electrons. The molecule has 0 bridgehead atoms. The van der Waals surface area contributed by atoms with E-state index in [1.54, 1.807) is 6.07 Å². The SMILES string of the molecule is Cl.O=C(NCC1CCNC1)c1cccc(Br)c1Cl. The van der Waals surface area contributed by atoms with Crippen LogP contribution in [0.5, 0.6) is 0 Å². The van der Waals surface area contributed by atoms with Crippen molar-refractivity contribution < 1.29 is 4.79 Å². The number of halogens is 3. The normalized spacial score (nSPS) is 18.2. The molecule has 1 aromatic rings. The zero-order chi connectivity index (χ0) is 12.3. The Kier molecular flexibility index (Phi) is 6.43. The van der Waals surface area contributed by atoms with Gasteiger partial charge in [-0.3, -0.25) is 4.79 Å². The van der Waals surface area contributed by atoms with E-state index in [0.717, 1.165) is 24.0 Å². The maximum atomic E-state index is 11.9. The van der Waals surface area contributed by atoms with Crippen LogP contribution >= 0.6 is 39.9 Å². The first-order valence-electron chi connectivity index (χ1n) is 5.61. The molecule has 0 aromatic heterocycles. The van der Waals surface area contributed by atoms with E-state index >= 15 is 0 Å². The lowest BCUT2D eigenvalue weighted by atomic mass is 10.1. The molecule has 1 unspecified atom stereocenters. The van der Waals surface area contributed by atoms with Gasteiger partial charge in [0.2, 0.25) is 0 Å². The maximum absolute atomic E-state index is 11.9. The Morgan fingerprint density at radius 2 is 2.33 bits per heavy atom. The van der Waals surface area contributed by atoms with Crippen LogP contribution in [0.4, 0.5) is 0 Å². The van der Waals surface area contributed by atoms with Gasteiger partial charge in [0.05, 0.1) is 10.6 Å². The van der Waals surface area contributed by atoms with Crippen LogP contribution < -0.4 is 10.6 Å². The highest BCUT2D eigenvalue weighted by Crippen LogP contribution is 2.25. The largest absolute Gasteiger partial charge is 0.352 e. The summed E-state index contributed by atoms with van der Waals surface area (Å²) in [5.74, 6) is 0.424.